The van der Waals surface area contributed by atoms with Crippen LogP contribution in [0.3, 0.4) is 0 Å². The third-order valence-electron chi connectivity index (χ3n) is 2.18. The molecule has 0 amide bonds. The summed E-state index contributed by atoms with van der Waals surface area (Å²) < 4.78 is 1.85. The van der Waals surface area contributed by atoms with Gasteiger partial charge in [0.2, 0.25) is 0 Å². The molecule has 0 aliphatic rings. The van der Waals surface area contributed by atoms with Crippen molar-refractivity contribution >= 4 is 5.97 Å². The van der Waals surface area contributed by atoms with E-state index in [0.29, 0.717) is 5.69 Å². The van der Waals surface area contributed by atoms with Crippen LogP contribution < -0.4 is 0 Å². The summed E-state index contributed by atoms with van der Waals surface area (Å²) in [5.41, 5.74) is 0.693. The predicted octanol–water partition coefficient (Wildman–Crippen LogP) is 1.19. The molecule has 1 heterocycles. The van der Waals surface area contributed by atoms with E-state index in [-0.39, 0.29) is 12.8 Å². The Bertz CT molecular complexity index is 322. The molecule has 5 nitrogen and oxygen atoms in total. The van der Waals surface area contributed by atoms with Crippen molar-refractivity contribution in [1.82, 2.24) is 9.55 Å². The second-order valence-corrected chi connectivity index (χ2v) is 3.46. The van der Waals surface area contributed by atoms with Crippen LogP contribution in [-0.4, -0.2) is 25.7 Å². The topological polar surface area (TPSA) is 75.3 Å². The zero-order chi connectivity index (χ0) is 11.3. The molecule has 0 spiro atoms. The van der Waals surface area contributed by atoms with Crippen molar-refractivity contribution in [3.8, 4) is 0 Å². The fraction of sp³-hybridized carbons (Fsp3) is 0.600. The number of hydrogen-bond donors (Lipinski definition) is 2. The maximum Gasteiger partial charge on any atom is 0.303 e. The second kappa shape index (κ2) is 5.50. The van der Waals surface area contributed by atoms with E-state index in [0.717, 1.165) is 13.0 Å². The van der Waals surface area contributed by atoms with Gasteiger partial charge in [-0.1, -0.05) is 6.92 Å². The van der Waals surface area contributed by atoms with Crippen LogP contribution in [-0.2, 0) is 11.3 Å². The smallest absolute Gasteiger partial charge is 0.303 e. The van der Waals surface area contributed by atoms with Crippen molar-refractivity contribution in [2.45, 2.75) is 38.8 Å². The summed E-state index contributed by atoms with van der Waals surface area (Å²) >= 11 is 0. The number of hydrogen-bond acceptors (Lipinski definition) is 3. The van der Waals surface area contributed by atoms with Gasteiger partial charge in [0, 0.05) is 13.0 Å². The van der Waals surface area contributed by atoms with Crippen molar-refractivity contribution < 1.29 is 15.0 Å². The quantitative estimate of drug-likeness (QED) is 0.742. The largest absolute Gasteiger partial charge is 0.481 e. The van der Waals surface area contributed by atoms with Crippen LogP contribution in [0.15, 0.2) is 12.5 Å². The van der Waals surface area contributed by atoms with Crippen molar-refractivity contribution in [3.63, 3.8) is 0 Å². The van der Waals surface area contributed by atoms with E-state index in [2.05, 4.69) is 4.98 Å². The first-order valence-corrected chi connectivity index (χ1v) is 5.05. The molecule has 1 unspecified atom stereocenters. The lowest BCUT2D eigenvalue weighted by Crippen LogP contribution is -2.08. The van der Waals surface area contributed by atoms with E-state index >= 15 is 0 Å². The van der Waals surface area contributed by atoms with Gasteiger partial charge in [-0.05, 0) is 12.8 Å². The highest BCUT2D eigenvalue weighted by Gasteiger charge is 2.13. The average Bonchev–Trinajstić information content (AvgIpc) is 2.63. The Kier molecular flexibility index (Phi) is 4.30. The second-order valence-electron chi connectivity index (χ2n) is 3.46. The van der Waals surface area contributed by atoms with Gasteiger partial charge in [0.15, 0.2) is 0 Å². The lowest BCUT2D eigenvalue weighted by Gasteiger charge is -2.11. The molecule has 0 saturated heterocycles. The molecular formula is C10H16N2O3. The molecule has 0 saturated carbocycles. The predicted molar refractivity (Wildman–Crippen MR) is 54.3 cm³/mol. The average molecular weight is 212 g/mol. The lowest BCUT2D eigenvalue weighted by molar-refractivity contribution is -0.137. The standard InChI is InChI=1S/C10H16N2O3/c1-2-5-12-7-11-6-8(12)9(13)3-4-10(14)15/h6-7,9,13H,2-5H2,1H3,(H,14,15). The van der Waals surface area contributed by atoms with Crippen molar-refractivity contribution in [3.05, 3.63) is 18.2 Å². The molecule has 1 rings (SSSR count). The molecule has 2 N–H and O–H groups in total. The van der Waals surface area contributed by atoms with Crippen LogP contribution in [0.1, 0.15) is 38.0 Å². The van der Waals surface area contributed by atoms with Crippen molar-refractivity contribution in [1.29, 1.82) is 0 Å². The summed E-state index contributed by atoms with van der Waals surface area (Å²) in [5.74, 6) is -0.893. The molecule has 0 aliphatic carbocycles. The number of imidazole rings is 1. The molecule has 5 heteroatoms. The van der Waals surface area contributed by atoms with E-state index in [1.54, 1.807) is 12.5 Å². The van der Waals surface area contributed by atoms with Gasteiger partial charge >= 0.3 is 5.97 Å². The Hall–Kier alpha value is -1.36. The molecule has 15 heavy (non-hydrogen) atoms. The normalized spacial score (nSPS) is 12.7. The van der Waals surface area contributed by atoms with E-state index in [1.165, 1.54) is 0 Å². The van der Waals surface area contributed by atoms with Crippen molar-refractivity contribution in [2.75, 3.05) is 0 Å². The summed E-state index contributed by atoms with van der Waals surface area (Å²) in [6.07, 6.45) is 3.65. The van der Waals surface area contributed by atoms with Gasteiger partial charge in [-0.2, -0.15) is 0 Å². The minimum atomic E-state index is -0.893. The van der Waals surface area contributed by atoms with Gasteiger partial charge < -0.3 is 14.8 Å². The maximum absolute atomic E-state index is 10.4. The van der Waals surface area contributed by atoms with Crippen LogP contribution in [0.2, 0.25) is 0 Å². The summed E-state index contributed by atoms with van der Waals surface area (Å²) in [4.78, 5) is 14.3. The SMILES string of the molecule is CCCn1cncc1C(O)CCC(=O)O. The number of carboxylic acids is 1. The summed E-state index contributed by atoms with van der Waals surface area (Å²) in [6, 6.07) is 0. The maximum atomic E-state index is 10.4. The molecule has 1 aromatic rings. The highest BCUT2D eigenvalue weighted by Crippen LogP contribution is 2.18. The number of nitrogens with zero attached hydrogens (tertiary/aromatic N) is 2. The molecule has 0 aliphatic heterocycles. The summed E-state index contributed by atoms with van der Waals surface area (Å²) in [6.45, 7) is 2.83. The Morgan fingerprint density at radius 1 is 1.67 bits per heavy atom. The van der Waals surface area contributed by atoms with Gasteiger partial charge in [0.1, 0.15) is 0 Å². The fourth-order valence-electron chi connectivity index (χ4n) is 1.44. The van der Waals surface area contributed by atoms with Crippen LogP contribution in [0.5, 0.6) is 0 Å². The Balaban J connectivity index is 2.59. The lowest BCUT2D eigenvalue weighted by atomic mass is 10.1. The van der Waals surface area contributed by atoms with E-state index < -0.39 is 12.1 Å². The van der Waals surface area contributed by atoms with Crippen LogP contribution in [0.25, 0.3) is 0 Å². The number of aliphatic hydroxyl groups is 1. The molecule has 0 aromatic carbocycles. The van der Waals surface area contributed by atoms with E-state index in [4.69, 9.17) is 5.11 Å². The van der Waals surface area contributed by atoms with Gasteiger partial charge in [0.25, 0.3) is 0 Å². The van der Waals surface area contributed by atoms with Gasteiger partial charge in [-0.3, -0.25) is 4.79 Å². The molecule has 0 bridgehead atoms. The number of carboxylic acid groups (broad SMARTS) is 1. The van der Waals surface area contributed by atoms with E-state index in [1.807, 2.05) is 11.5 Å². The third kappa shape index (κ3) is 3.36. The Morgan fingerprint density at radius 3 is 3.00 bits per heavy atom. The minimum absolute atomic E-state index is 0.0293. The van der Waals surface area contributed by atoms with Gasteiger partial charge in [-0.15, -0.1) is 0 Å². The van der Waals surface area contributed by atoms with Gasteiger partial charge in [0.05, 0.1) is 24.3 Å². The van der Waals surface area contributed by atoms with Crippen LogP contribution >= 0.6 is 0 Å². The summed E-state index contributed by atoms with van der Waals surface area (Å²) in [7, 11) is 0. The monoisotopic (exact) mass is 212 g/mol. The molecule has 1 atom stereocenters. The number of aromatic nitrogens is 2. The number of aryl methyl sites for hydroxylation is 1. The molecule has 1 aromatic heterocycles. The highest BCUT2D eigenvalue weighted by molar-refractivity contribution is 5.66. The first kappa shape index (κ1) is 11.7. The highest BCUT2D eigenvalue weighted by atomic mass is 16.4. The number of aliphatic carboxylic acids is 1. The van der Waals surface area contributed by atoms with Crippen LogP contribution in [0.4, 0.5) is 0 Å². The molecule has 0 fully saturated rings. The van der Waals surface area contributed by atoms with Gasteiger partial charge in [-0.25, -0.2) is 4.98 Å². The zero-order valence-electron chi connectivity index (χ0n) is 8.76. The number of carbonyl (C=O) groups is 1. The molecular weight excluding hydrogens is 196 g/mol. The first-order chi connectivity index (χ1) is 7.15. The fourth-order valence-corrected chi connectivity index (χ4v) is 1.44. The molecule has 0 radical (unpaired) electrons. The third-order valence-corrected chi connectivity index (χ3v) is 2.18. The number of rotatable bonds is 6. The first-order valence-electron chi connectivity index (χ1n) is 5.05. The molecule has 84 valence electrons. The number of aliphatic hydroxyl groups excluding tert-OH is 1. The van der Waals surface area contributed by atoms with Crippen LogP contribution in [0, 0.1) is 0 Å². The van der Waals surface area contributed by atoms with Crippen molar-refractivity contribution in [2.24, 2.45) is 0 Å². The minimum Gasteiger partial charge on any atom is -0.481 e. The zero-order valence-corrected chi connectivity index (χ0v) is 8.76. The van der Waals surface area contributed by atoms with E-state index in [9.17, 15) is 9.90 Å². The summed E-state index contributed by atoms with van der Waals surface area (Å²) in [5, 5.41) is 18.2. The Labute approximate surface area is 88.4 Å². The Morgan fingerprint density at radius 2 is 2.40 bits per heavy atom.